The molecule has 0 aliphatic heterocycles. The van der Waals surface area contributed by atoms with Crippen LogP contribution < -0.4 is 15.5 Å². The van der Waals surface area contributed by atoms with Gasteiger partial charge in [-0.2, -0.15) is 0 Å². The molecule has 0 saturated heterocycles. The number of allylic oxidation sites excluding steroid dienone is 1. The standard InChI is InChI=1S/C14H22N2O8/c1-7(18)11(13(21)22)16-9-4-14(23,6-17)3-8(12(9)24-2)15-5-10(19)20/h7,11,16-18,23H,3-6H2,1-2H3,(H,19,20)(H,21,22)/p-2/t7-,11+,14+/m1/s1. The summed E-state index contributed by atoms with van der Waals surface area (Å²) in [6, 6.07) is -1.51. The molecular weight excluding hydrogens is 324 g/mol. The lowest BCUT2D eigenvalue weighted by atomic mass is 9.85. The van der Waals surface area contributed by atoms with Gasteiger partial charge in [-0.15, -0.1) is 0 Å². The van der Waals surface area contributed by atoms with Gasteiger partial charge in [0.15, 0.2) is 5.76 Å². The molecule has 0 bridgehead atoms. The average molecular weight is 344 g/mol. The molecule has 0 heterocycles. The summed E-state index contributed by atoms with van der Waals surface area (Å²) in [4.78, 5) is 25.5. The Balaban J connectivity index is 3.29. The minimum Gasteiger partial charge on any atom is -0.548 e. The zero-order valence-electron chi connectivity index (χ0n) is 13.3. The summed E-state index contributed by atoms with van der Waals surface area (Å²) in [6.45, 7) is -0.145. The van der Waals surface area contributed by atoms with Crippen LogP contribution in [0.25, 0.3) is 0 Å². The van der Waals surface area contributed by atoms with E-state index in [9.17, 15) is 35.1 Å². The predicted molar refractivity (Wildman–Crippen MR) is 76.2 cm³/mol. The van der Waals surface area contributed by atoms with Crippen molar-refractivity contribution in [1.82, 2.24) is 5.32 Å². The van der Waals surface area contributed by atoms with Crippen molar-refractivity contribution >= 4 is 17.7 Å². The van der Waals surface area contributed by atoms with Gasteiger partial charge in [-0.3, -0.25) is 4.99 Å². The van der Waals surface area contributed by atoms with Crippen LogP contribution >= 0.6 is 0 Å². The van der Waals surface area contributed by atoms with Crippen molar-refractivity contribution in [1.29, 1.82) is 0 Å². The van der Waals surface area contributed by atoms with Crippen LogP contribution in [-0.4, -0.2) is 71.0 Å². The third-order valence-electron chi connectivity index (χ3n) is 3.50. The number of hydrogen-bond acceptors (Lipinski definition) is 10. The van der Waals surface area contributed by atoms with Crippen LogP contribution in [0.2, 0.25) is 0 Å². The van der Waals surface area contributed by atoms with Gasteiger partial charge in [-0.05, 0) is 6.92 Å². The highest BCUT2D eigenvalue weighted by Crippen LogP contribution is 2.30. The van der Waals surface area contributed by atoms with Crippen LogP contribution in [0.5, 0.6) is 0 Å². The minimum absolute atomic E-state index is 0.0229. The molecule has 0 fully saturated rings. The summed E-state index contributed by atoms with van der Waals surface area (Å²) < 4.78 is 5.13. The van der Waals surface area contributed by atoms with Crippen LogP contribution in [0.3, 0.4) is 0 Å². The van der Waals surface area contributed by atoms with E-state index >= 15 is 0 Å². The first-order valence-corrected chi connectivity index (χ1v) is 7.13. The lowest BCUT2D eigenvalue weighted by molar-refractivity contribution is -0.310. The van der Waals surface area contributed by atoms with E-state index in [0.29, 0.717) is 0 Å². The SMILES string of the molecule is COC1=C(N[C@H](C(=O)[O-])[C@@H](C)O)C[C@](O)(CO)CC1=NCC(=O)[O-]. The first-order valence-electron chi connectivity index (χ1n) is 7.13. The van der Waals surface area contributed by atoms with E-state index in [0.717, 1.165) is 0 Å². The van der Waals surface area contributed by atoms with Crippen molar-refractivity contribution in [3.63, 3.8) is 0 Å². The third-order valence-corrected chi connectivity index (χ3v) is 3.50. The smallest absolute Gasteiger partial charge is 0.158 e. The zero-order valence-corrected chi connectivity index (χ0v) is 13.3. The molecule has 0 spiro atoms. The number of nitrogens with one attached hydrogen (secondary N) is 1. The number of carbonyl (C=O) groups is 2. The fourth-order valence-corrected chi connectivity index (χ4v) is 2.36. The molecule has 1 rings (SSSR count). The molecule has 24 heavy (non-hydrogen) atoms. The Labute approximate surface area is 138 Å². The van der Waals surface area contributed by atoms with Gasteiger partial charge in [-0.25, -0.2) is 0 Å². The number of aliphatic hydroxyl groups is 3. The molecule has 0 aromatic rings. The third kappa shape index (κ3) is 4.91. The largest absolute Gasteiger partial charge is 0.548 e. The number of hydrogen-bond donors (Lipinski definition) is 4. The van der Waals surface area contributed by atoms with E-state index in [1.165, 1.54) is 14.0 Å². The Hall–Kier alpha value is -2.17. The van der Waals surface area contributed by atoms with E-state index in [2.05, 4.69) is 10.3 Å². The number of methoxy groups -OCH3 is 1. The van der Waals surface area contributed by atoms with Crippen molar-refractivity contribution in [2.24, 2.45) is 4.99 Å². The molecule has 0 radical (unpaired) electrons. The second-order valence-corrected chi connectivity index (χ2v) is 5.56. The number of rotatable bonds is 8. The molecule has 136 valence electrons. The van der Waals surface area contributed by atoms with Crippen molar-refractivity contribution in [3.05, 3.63) is 11.5 Å². The summed E-state index contributed by atoms with van der Waals surface area (Å²) in [5, 5.41) is 53.4. The Bertz CT molecular complexity index is 557. The van der Waals surface area contributed by atoms with E-state index in [-0.39, 0.29) is 30.0 Å². The summed E-state index contributed by atoms with van der Waals surface area (Å²) in [7, 11) is 1.26. The van der Waals surface area contributed by atoms with Crippen LogP contribution in [0.1, 0.15) is 19.8 Å². The highest BCUT2D eigenvalue weighted by Gasteiger charge is 2.38. The van der Waals surface area contributed by atoms with E-state index < -0.39 is 42.8 Å². The van der Waals surface area contributed by atoms with Gasteiger partial charge >= 0.3 is 0 Å². The van der Waals surface area contributed by atoms with Crippen LogP contribution in [0.15, 0.2) is 16.4 Å². The molecule has 1 aliphatic carbocycles. The average Bonchev–Trinajstić information content (AvgIpc) is 2.49. The second-order valence-electron chi connectivity index (χ2n) is 5.56. The predicted octanol–water partition coefficient (Wildman–Crippen LogP) is -4.36. The number of carbonyl (C=O) groups excluding carboxylic acids is 2. The number of nitrogens with zero attached hydrogens (tertiary/aromatic N) is 1. The molecular formula is C14H20N2O8-2. The topological polar surface area (TPSA) is 175 Å². The lowest BCUT2D eigenvalue weighted by Gasteiger charge is -2.36. The van der Waals surface area contributed by atoms with Gasteiger partial charge in [0.1, 0.15) is 0 Å². The Morgan fingerprint density at radius 3 is 2.46 bits per heavy atom. The number of ether oxygens (including phenoxy) is 1. The number of aliphatic carboxylic acids is 2. The zero-order chi connectivity index (χ0) is 18.5. The summed E-state index contributed by atoms with van der Waals surface area (Å²) >= 11 is 0. The van der Waals surface area contributed by atoms with E-state index in [4.69, 9.17) is 4.74 Å². The summed E-state index contributed by atoms with van der Waals surface area (Å²) in [5.74, 6) is -3.01. The molecule has 0 amide bonds. The van der Waals surface area contributed by atoms with Crippen molar-refractivity contribution in [2.75, 3.05) is 20.3 Å². The number of aliphatic imine (C=N–C) groups is 1. The van der Waals surface area contributed by atoms with E-state index in [1.807, 2.05) is 0 Å². The minimum atomic E-state index is -1.69. The molecule has 3 atom stereocenters. The molecule has 0 aromatic carbocycles. The maximum Gasteiger partial charge on any atom is 0.158 e. The van der Waals surface area contributed by atoms with Gasteiger partial charge in [0.25, 0.3) is 0 Å². The monoisotopic (exact) mass is 344 g/mol. The van der Waals surface area contributed by atoms with Gasteiger partial charge in [0, 0.05) is 12.8 Å². The first kappa shape index (κ1) is 19.9. The molecule has 1 aliphatic rings. The van der Waals surface area contributed by atoms with Crippen molar-refractivity contribution < 1.29 is 39.9 Å². The van der Waals surface area contributed by atoms with E-state index in [1.54, 1.807) is 0 Å². The highest BCUT2D eigenvalue weighted by molar-refractivity contribution is 6.01. The molecule has 4 N–H and O–H groups in total. The Morgan fingerprint density at radius 1 is 1.42 bits per heavy atom. The number of carboxylic acid groups (broad SMARTS) is 2. The first-order chi connectivity index (χ1) is 11.1. The van der Waals surface area contributed by atoms with Gasteiger partial charge in [0.05, 0.1) is 61.4 Å². The molecule has 0 saturated carbocycles. The molecule has 0 unspecified atom stereocenters. The number of aliphatic hydroxyl groups excluding tert-OH is 2. The van der Waals surface area contributed by atoms with Gasteiger partial charge < -0.3 is 45.2 Å². The van der Waals surface area contributed by atoms with Crippen molar-refractivity contribution in [3.8, 4) is 0 Å². The maximum absolute atomic E-state index is 11.1. The quantitative estimate of drug-likeness (QED) is 0.339. The van der Waals surface area contributed by atoms with Gasteiger partial charge in [0.2, 0.25) is 0 Å². The fraction of sp³-hybridized carbons (Fsp3) is 0.643. The van der Waals surface area contributed by atoms with Crippen LogP contribution in [-0.2, 0) is 14.3 Å². The molecule has 0 aromatic heterocycles. The second kappa shape index (κ2) is 8.08. The molecule has 10 nitrogen and oxygen atoms in total. The lowest BCUT2D eigenvalue weighted by Crippen LogP contribution is -2.53. The highest BCUT2D eigenvalue weighted by atomic mass is 16.5. The summed E-state index contributed by atoms with van der Waals surface area (Å²) in [5.41, 5.74) is -1.62. The number of carboxylic acids is 2. The normalized spacial score (nSPS) is 25.3. The van der Waals surface area contributed by atoms with Crippen LogP contribution in [0, 0.1) is 0 Å². The molecule has 10 heteroatoms. The van der Waals surface area contributed by atoms with Gasteiger partial charge in [-0.1, -0.05) is 0 Å². The Kier molecular flexibility index (Phi) is 6.70. The fourth-order valence-electron chi connectivity index (χ4n) is 2.36. The van der Waals surface area contributed by atoms with Crippen molar-refractivity contribution in [2.45, 2.75) is 37.5 Å². The Morgan fingerprint density at radius 2 is 2.04 bits per heavy atom. The summed E-state index contributed by atoms with van der Waals surface area (Å²) in [6.07, 6.45) is -1.74. The van der Waals surface area contributed by atoms with Crippen LogP contribution in [0.4, 0.5) is 0 Å². The maximum atomic E-state index is 11.1.